The molecule has 0 aliphatic carbocycles. The summed E-state index contributed by atoms with van der Waals surface area (Å²) in [4.78, 5) is 12.2. The molecule has 0 aliphatic heterocycles. The molecule has 26 heavy (non-hydrogen) atoms. The van der Waals surface area contributed by atoms with Crippen LogP contribution in [0.15, 0.2) is 24.3 Å². The summed E-state index contributed by atoms with van der Waals surface area (Å²) in [5.74, 6) is 0.239. The largest absolute Gasteiger partial charge is 0.384 e. The summed E-state index contributed by atoms with van der Waals surface area (Å²) < 4.78 is 5.29. The van der Waals surface area contributed by atoms with Crippen molar-refractivity contribution in [3.63, 3.8) is 0 Å². The Morgan fingerprint density at radius 2 is 1.50 bits per heavy atom. The Morgan fingerprint density at radius 1 is 0.962 bits per heavy atom. The highest BCUT2D eigenvalue weighted by atomic mass is 16.5. The van der Waals surface area contributed by atoms with Crippen molar-refractivity contribution in [3.05, 3.63) is 35.4 Å². The summed E-state index contributed by atoms with van der Waals surface area (Å²) in [5.41, 5.74) is 2.31. The highest BCUT2D eigenvalue weighted by Gasteiger charge is 2.26. The third-order valence-corrected chi connectivity index (χ3v) is 4.47. The molecular weight excluding hydrogens is 320 g/mol. The zero-order valence-electron chi connectivity index (χ0n) is 19.2. The van der Waals surface area contributed by atoms with Gasteiger partial charge in [0.1, 0.15) is 0 Å². The Hall–Kier alpha value is -1.15. The number of hydrogen-bond donors (Lipinski definition) is 0. The van der Waals surface area contributed by atoms with Crippen LogP contribution < -0.4 is 0 Å². The van der Waals surface area contributed by atoms with Gasteiger partial charge in [-0.05, 0) is 29.2 Å². The van der Waals surface area contributed by atoms with E-state index in [1.165, 1.54) is 5.56 Å². The fourth-order valence-corrected chi connectivity index (χ4v) is 3.11. The summed E-state index contributed by atoms with van der Waals surface area (Å²) in [5, 5.41) is 0. The lowest BCUT2D eigenvalue weighted by atomic mass is 9.75. The second-order valence-corrected chi connectivity index (χ2v) is 7.66. The van der Waals surface area contributed by atoms with E-state index in [2.05, 4.69) is 33.8 Å². The molecule has 0 aliphatic rings. The van der Waals surface area contributed by atoms with Crippen LogP contribution in [0, 0.1) is 5.41 Å². The first-order valence-electron chi connectivity index (χ1n) is 10.3. The molecule has 0 spiro atoms. The molecule has 0 unspecified atom stereocenters. The van der Waals surface area contributed by atoms with Gasteiger partial charge in [0.05, 0.1) is 6.61 Å². The number of hydrogen-bond acceptors (Lipinski definition) is 2. The molecule has 0 heterocycles. The summed E-state index contributed by atoms with van der Waals surface area (Å²) >= 11 is 0. The molecule has 0 amide bonds. The van der Waals surface area contributed by atoms with Crippen molar-refractivity contribution in [3.8, 4) is 0 Å². The number of rotatable bonds is 9. The average Bonchev–Trinajstić information content (AvgIpc) is 2.64. The normalized spacial score (nSPS) is 11.0. The minimum Gasteiger partial charge on any atom is -0.384 e. The van der Waals surface area contributed by atoms with Gasteiger partial charge in [-0.1, -0.05) is 93.0 Å². The number of ether oxygens (including phenoxy) is 1. The van der Waals surface area contributed by atoms with Crippen molar-refractivity contribution in [1.82, 2.24) is 0 Å². The predicted molar refractivity (Wildman–Crippen MR) is 116 cm³/mol. The number of benzene rings is 1. The summed E-state index contributed by atoms with van der Waals surface area (Å²) in [7, 11) is 1.76. The van der Waals surface area contributed by atoms with Crippen molar-refractivity contribution in [1.29, 1.82) is 0 Å². The molecule has 0 saturated carbocycles. The van der Waals surface area contributed by atoms with Gasteiger partial charge < -0.3 is 4.74 Å². The molecular formula is C24H44O2. The van der Waals surface area contributed by atoms with E-state index in [0.29, 0.717) is 6.42 Å². The van der Waals surface area contributed by atoms with Crippen molar-refractivity contribution >= 4 is 5.78 Å². The van der Waals surface area contributed by atoms with Crippen LogP contribution in [0.3, 0.4) is 0 Å². The Labute approximate surface area is 163 Å². The first-order chi connectivity index (χ1) is 12.2. The Morgan fingerprint density at radius 3 is 2.00 bits per heavy atom. The van der Waals surface area contributed by atoms with E-state index < -0.39 is 0 Å². The van der Waals surface area contributed by atoms with Crippen LogP contribution in [-0.2, 0) is 10.2 Å². The predicted octanol–water partition coefficient (Wildman–Crippen LogP) is 7.45. The molecule has 1 rings (SSSR count). The second kappa shape index (κ2) is 14.0. The molecule has 0 saturated heterocycles. The maximum Gasteiger partial charge on any atom is 0.162 e. The number of ketones is 1. The third kappa shape index (κ3) is 9.52. The highest BCUT2D eigenvalue weighted by Crippen LogP contribution is 2.34. The highest BCUT2D eigenvalue weighted by molar-refractivity contribution is 5.97. The fraction of sp³-hybridized carbons (Fsp3) is 0.708. The van der Waals surface area contributed by atoms with E-state index in [1.807, 2.05) is 52.8 Å². The number of methoxy groups -OCH3 is 1. The molecule has 0 atom stereocenters. The van der Waals surface area contributed by atoms with E-state index >= 15 is 0 Å². The Kier molecular flexibility index (Phi) is 14.6. The molecule has 2 nitrogen and oxygen atoms in total. The lowest BCUT2D eigenvalue weighted by molar-refractivity contribution is 0.0948. The van der Waals surface area contributed by atoms with Crippen molar-refractivity contribution < 1.29 is 9.53 Å². The van der Waals surface area contributed by atoms with Crippen LogP contribution in [0.25, 0.3) is 0 Å². The molecule has 0 bridgehead atoms. The number of carbonyl (C=O) groups excluding carboxylic acids is 1. The van der Waals surface area contributed by atoms with Gasteiger partial charge in [0, 0.05) is 19.1 Å². The van der Waals surface area contributed by atoms with Crippen LogP contribution in [0.5, 0.6) is 0 Å². The summed E-state index contributed by atoms with van der Waals surface area (Å²) in [6, 6.07) is 8.09. The minimum atomic E-state index is 0.0184. The van der Waals surface area contributed by atoms with Crippen LogP contribution in [0.2, 0.25) is 0 Å². The first-order valence-corrected chi connectivity index (χ1v) is 10.3. The van der Waals surface area contributed by atoms with Gasteiger partial charge in [-0.25, -0.2) is 0 Å². The van der Waals surface area contributed by atoms with Crippen molar-refractivity contribution in [2.24, 2.45) is 5.41 Å². The SMILES string of the molecule is CC.CC.CCC(=O)c1ccccc1C(C)(C)CCCC(C)(C)COC. The maximum atomic E-state index is 12.2. The second-order valence-electron chi connectivity index (χ2n) is 7.66. The van der Waals surface area contributed by atoms with E-state index in [4.69, 9.17) is 4.74 Å². The van der Waals surface area contributed by atoms with E-state index in [-0.39, 0.29) is 16.6 Å². The van der Waals surface area contributed by atoms with E-state index in [1.54, 1.807) is 7.11 Å². The van der Waals surface area contributed by atoms with Crippen LogP contribution in [-0.4, -0.2) is 19.5 Å². The van der Waals surface area contributed by atoms with Gasteiger partial charge in [-0.2, -0.15) is 0 Å². The van der Waals surface area contributed by atoms with E-state index in [0.717, 1.165) is 31.4 Å². The fourth-order valence-electron chi connectivity index (χ4n) is 3.11. The molecule has 1 aromatic rings. The molecule has 0 aromatic heterocycles. The van der Waals surface area contributed by atoms with Crippen LogP contribution in [0.4, 0.5) is 0 Å². The summed E-state index contributed by atoms with van der Waals surface area (Å²) in [6.07, 6.45) is 3.91. The molecule has 0 fully saturated rings. The lowest BCUT2D eigenvalue weighted by Gasteiger charge is -2.30. The van der Waals surface area contributed by atoms with Gasteiger partial charge in [-0.15, -0.1) is 0 Å². The van der Waals surface area contributed by atoms with Crippen molar-refractivity contribution in [2.45, 2.75) is 93.4 Å². The minimum absolute atomic E-state index is 0.0184. The smallest absolute Gasteiger partial charge is 0.162 e. The van der Waals surface area contributed by atoms with E-state index in [9.17, 15) is 4.79 Å². The van der Waals surface area contributed by atoms with Gasteiger partial charge in [0.2, 0.25) is 0 Å². The van der Waals surface area contributed by atoms with Crippen LogP contribution >= 0.6 is 0 Å². The number of Topliss-reactive ketones (excluding diaryl/α,β-unsaturated/α-hetero) is 1. The quantitative estimate of drug-likeness (QED) is 0.425. The van der Waals surface area contributed by atoms with Gasteiger partial charge in [-0.3, -0.25) is 4.79 Å². The Bertz CT molecular complexity index is 487. The standard InChI is InChI=1S/C20H32O2.2C2H6/c1-7-18(21)16-11-8-9-12-17(16)20(4,5)14-10-13-19(2,3)15-22-6;2*1-2/h8-9,11-12H,7,10,13-15H2,1-6H3;2*1-2H3. The maximum absolute atomic E-state index is 12.2. The topological polar surface area (TPSA) is 26.3 Å². The molecule has 0 N–H and O–H groups in total. The monoisotopic (exact) mass is 364 g/mol. The Balaban J connectivity index is 0. The lowest BCUT2D eigenvalue weighted by Crippen LogP contribution is -2.23. The molecule has 1 aromatic carbocycles. The molecule has 2 heteroatoms. The zero-order chi connectivity index (χ0) is 20.8. The van der Waals surface area contributed by atoms with Crippen LogP contribution in [0.1, 0.15) is 104 Å². The van der Waals surface area contributed by atoms with Crippen molar-refractivity contribution in [2.75, 3.05) is 13.7 Å². The van der Waals surface area contributed by atoms with Gasteiger partial charge >= 0.3 is 0 Å². The average molecular weight is 365 g/mol. The van der Waals surface area contributed by atoms with Gasteiger partial charge in [0.25, 0.3) is 0 Å². The molecule has 0 radical (unpaired) electrons. The number of carbonyl (C=O) groups is 1. The summed E-state index contributed by atoms with van der Waals surface area (Å²) in [6.45, 7) is 19.7. The zero-order valence-corrected chi connectivity index (χ0v) is 19.2. The molecule has 152 valence electrons. The van der Waals surface area contributed by atoms with Gasteiger partial charge in [0.15, 0.2) is 5.78 Å². The third-order valence-electron chi connectivity index (χ3n) is 4.47. The first kappa shape index (κ1) is 27.1.